The highest BCUT2D eigenvalue weighted by molar-refractivity contribution is 5.22. The Hall–Kier alpha value is -2.22. The van der Waals surface area contributed by atoms with Crippen molar-refractivity contribution in [3.05, 3.63) is 84.4 Å². The SMILES string of the molecule is c1ccn(CCCCCCc2ccc(CCCCCCn3cccc3)cc2)c1. The molecule has 0 aliphatic rings. The van der Waals surface area contributed by atoms with Crippen LogP contribution >= 0.6 is 0 Å². The average molecular weight is 377 g/mol. The molecule has 0 fully saturated rings. The van der Waals surface area contributed by atoms with Gasteiger partial charge in [0.15, 0.2) is 0 Å². The Morgan fingerprint density at radius 1 is 0.429 bits per heavy atom. The van der Waals surface area contributed by atoms with E-state index in [9.17, 15) is 0 Å². The molecule has 0 aliphatic heterocycles. The van der Waals surface area contributed by atoms with Gasteiger partial charge in [0.25, 0.3) is 0 Å². The van der Waals surface area contributed by atoms with Gasteiger partial charge < -0.3 is 9.13 Å². The lowest BCUT2D eigenvalue weighted by molar-refractivity contribution is 0.572. The van der Waals surface area contributed by atoms with Crippen LogP contribution in [0.3, 0.4) is 0 Å². The highest BCUT2D eigenvalue weighted by atomic mass is 14.9. The van der Waals surface area contributed by atoms with Gasteiger partial charge in [0.05, 0.1) is 0 Å². The van der Waals surface area contributed by atoms with Crippen LogP contribution in [0.5, 0.6) is 0 Å². The van der Waals surface area contributed by atoms with Crippen molar-refractivity contribution in [3.63, 3.8) is 0 Å². The third-order valence-corrected chi connectivity index (χ3v) is 5.62. The van der Waals surface area contributed by atoms with E-state index < -0.39 is 0 Å². The zero-order valence-electron chi connectivity index (χ0n) is 17.3. The van der Waals surface area contributed by atoms with Crippen molar-refractivity contribution in [2.45, 2.75) is 77.3 Å². The number of aryl methyl sites for hydroxylation is 4. The minimum Gasteiger partial charge on any atom is -0.354 e. The van der Waals surface area contributed by atoms with Gasteiger partial charge in [-0.05, 0) is 73.9 Å². The summed E-state index contributed by atoms with van der Waals surface area (Å²) < 4.78 is 4.56. The highest BCUT2D eigenvalue weighted by Crippen LogP contribution is 2.13. The lowest BCUT2D eigenvalue weighted by Crippen LogP contribution is -1.95. The molecule has 0 spiro atoms. The highest BCUT2D eigenvalue weighted by Gasteiger charge is 1.98. The summed E-state index contributed by atoms with van der Waals surface area (Å²) >= 11 is 0. The molecule has 0 atom stereocenters. The quantitative estimate of drug-likeness (QED) is 0.271. The summed E-state index contributed by atoms with van der Waals surface area (Å²) in [7, 11) is 0. The number of hydrogen-bond donors (Lipinski definition) is 0. The van der Waals surface area contributed by atoms with Crippen LogP contribution in [0.1, 0.15) is 62.5 Å². The second kappa shape index (κ2) is 12.3. The molecule has 0 saturated heterocycles. The van der Waals surface area contributed by atoms with Gasteiger partial charge in [0.2, 0.25) is 0 Å². The van der Waals surface area contributed by atoms with Gasteiger partial charge in [-0.3, -0.25) is 0 Å². The number of benzene rings is 1. The number of hydrogen-bond acceptors (Lipinski definition) is 0. The largest absolute Gasteiger partial charge is 0.354 e. The molecule has 150 valence electrons. The predicted octanol–water partition coefficient (Wildman–Crippen LogP) is 6.90. The van der Waals surface area contributed by atoms with Gasteiger partial charge in [-0.2, -0.15) is 0 Å². The smallest absolute Gasteiger partial charge is 0.0219 e. The van der Waals surface area contributed by atoms with Crippen molar-refractivity contribution in [2.75, 3.05) is 0 Å². The van der Waals surface area contributed by atoms with Crippen LogP contribution in [0, 0.1) is 0 Å². The van der Waals surface area contributed by atoms with E-state index in [0.717, 1.165) is 13.1 Å². The van der Waals surface area contributed by atoms with Gasteiger partial charge >= 0.3 is 0 Å². The Kier molecular flexibility index (Phi) is 9.00. The predicted molar refractivity (Wildman–Crippen MR) is 120 cm³/mol. The van der Waals surface area contributed by atoms with Crippen LogP contribution in [0.2, 0.25) is 0 Å². The molecule has 0 N–H and O–H groups in total. The molecular formula is C26H36N2. The van der Waals surface area contributed by atoms with Crippen molar-refractivity contribution < 1.29 is 0 Å². The van der Waals surface area contributed by atoms with E-state index in [1.54, 1.807) is 0 Å². The molecule has 28 heavy (non-hydrogen) atoms. The Balaban J connectivity index is 1.19. The fraction of sp³-hybridized carbons (Fsp3) is 0.462. The van der Waals surface area contributed by atoms with Crippen LogP contribution < -0.4 is 0 Å². The maximum absolute atomic E-state index is 2.35. The monoisotopic (exact) mass is 376 g/mol. The molecule has 0 unspecified atom stereocenters. The first-order valence-electron chi connectivity index (χ1n) is 11.2. The average Bonchev–Trinajstić information content (AvgIpc) is 3.42. The maximum atomic E-state index is 2.35. The van der Waals surface area contributed by atoms with Crippen molar-refractivity contribution in [1.82, 2.24) is 9.13 Å². The van der Waals surface area contributed by atoms with Crippen LogP contribution in [0.15, 0.2) is 73.3 Å². The normalized spacial score (nSPS) is 11.1. The number of unbranched alkanes of at least 4 members (excludes halogenated alkanes) is 6. The van der Waals surface area contributed by atoms with Gasteiger partial charge in [-0.15, -0.1) is 0 Å². The summed E-state index contributed by atoms with van der Waals surface area (Å²) in [5, 5.41) is 0. The van der Waals surface area contributed by atoms with Crippen molar-refractivity contribution in [1.29, 1.82) is 0 Å². The second-order valence-corrected chi connectivity index (χ2v) is 7.99. The molecular weight excluding hydrogens is 340 g/mol. The lowest BCUT2D eigenvalue weighted by atomic mass is 10.0. The summed E-state index contributed by atoms with van der Waals surface area (Å²) in [6.07, 6.45) is 21.6. The Labute approximate surface area is 171 Å². The minimum absolute atomic E-state index is 1.16. The molecule has 3 aromatic rings. The molecule has 0 bridgehead atoms. The van der Waals surface area contributed by atoms with Crippen molar-refractivity contribution >= 4 is 0 Å². The minimum atomic E-state index is 1.16. The van der Waals surface area contributed by atoms with E-state index >= 15 is 0 Å². The van der Waals surface area contributed by atoms with Crippen LogP contribution in [0.4, 0.5) is 0 Å². The van der Waals surface area contributed by atoms with E-state index in [-0.39, 0.29) is 0 Å². The first kappa shape index (κ1) is 20.5. The van der Waals surface area contributed by atoms with Gasteiger partial charge in [0.1, 0.15) is 0 Å². The summed E-state index contributed by atoms with van der Waals surface area (Å²) in [6.45, 7) is 2.32. The summed E-state index contributed by atoms with van der Waals surface area (Å²) in [4.78, 5) is 0. The molecule has 3 rings (SSSR count). The number of aromatic nitrogens is 2. The first-order valence-corrected chi connectivity index (χ1v) is 11.2. The molecule has 1 aromatic carbocycles. The van der Waals surface area contributed by atoms with Gasteiger partial charge in [-0.1, -0.05) is 49.9 Å². The zero-order valence-corrected chi connectivity index (χ0v) is 17.3. The summed E-state index contributed by atoms with van der Waals surface area (Å²) in [5.74, 6) is 0. The van der Waals surface area contributed by atoms with Crippen LogP contribution in [-0.2, 0) is 25.9 Å². The molecule has 2 heterocycles. The van der Waals surface area contributed by atoms with E-state index in [0.29, 0.717) is 0 Å². The Morgan fingerprint density at radius 3 is 1.18 bits per heavy atom. The third-order valence-electron chi connectivity index (χ3n) is 5.62. The molecule has 0 aliphatic carbocycles. The van der Waals surface area contributed by atoms with Gasteiger partial charge in [-0.25, -0.2) is 0 Å². The maximum Gasteiger partial charge on any atom is 0.0219 e. The number of nitrogens with zero attached hydrogens (tertiary/aromatic N) is 2. The standard InChI is InChI=1S/C26H36N2/c1(3-7-19-27-21-9-10-22-27)5-13-25-15-17-26(18-16-25)14-6-2-4-8-20-28-23-11-12-24-28/h9-12,15-18,21-24H,1-8,13-14,19-20H2. The third kappa shape index (κ3) is 7.80. The van der Waals surface area contributed by atoms with E-state index in [1.807, 2.05) is 0 Å². The topological polar surface area (TPSA) is 9.86 Å². The van der Waals surface area contributed by atoms with Crippen molar-refractivity contribution in [2.24, 2.45) is 0 Å². The zero-order chi connectivity index (χ0) is 19.3. The van der Waals surface area contributed by atoms with E-state index in [4.69, 9.17) is 0 Å². The lowest BCUT2D eigenvalue weighted by Gasteiger charge is -2.06. The fourth-order valence-electron chi connectivity index (χ4n) is 3.87. The number of rotatable bonds is 14. The Morgan fingerprint density at radius 2 is 0.786 bits per heavy atom. The van der Waals surface area contributed by atoms with E-state index in [1.165, 1.54) is 75.3 Å². The summed E-state index contributed by atoms with van der Waals surface area (Å²) in [6, 6.07) is 17.8. The molecule has 0 radical (unpaired) electrons. The fourth-order valence-corrected chi connectivity index (χ4v) is 3.87. The molecule has 2 heteroatoms. The Bertz CT molecular complexity index is 658. The molecule has 0 saturated carbocycles. The molecule has 0 amide bonds. The second-order valence-electron chi connectivity index (χ2n) is 7.99. The van der Waals surface area contributed by atoms with Gasteiger partial charge in [0, 0.05) is 37.9 Å². The molecule has 2 nitrogen and oxygen atoms in total. The van der Waals surface area contributed by atoms with Crippen LogP contribution in [0.25, 0.3) is 0 Å². The van der Waals surface area contributed by atoms with Crippen LogP contribution in [-0.4, -0.2) is 9.13 Å². The first-order chi connectivity index (χ1) is 13.9. The summed E-state index contributed by atoms with van der Waals surface area (Å²) in [5.41, 5.74) is 3.00. The van der Waals surface area contributed by atoms with E-state index in [2.05, 4.69) is 82.5 Å². The molecule has 2 aromatic heterocycles. The van der Waals surface area contributed by atoms with Crippen molar-refractivity contribution in [3.8, 4) is 0 Å².